The first-order valence-corrected chi connectivity index (χ1v) is 18.2. The Hall–Kier alpha value is -6.96. The Balaban J connectivity index is 1.21. The van der Waals surface area contributed by atoms with Gasteiger partial charge >= 0.3 is 0 Å². The molecule has 0 N–H and O–H groups in total. The Morgan fingerprint density at radius 1 is 0.245 bits per heavy atom. The van der Waals surface area contributed by atoms with Gasteiger partial charge in [-0.3, -0.25) is 0 Å². The molecule has 0 fully saturated rings. The maximum absolute atomic E-state index is 2.43. The Bertz CT molecular complexity index is 2650. The van der Waals surface area contributed by atoms with E-state index in [-0.39, 0.29) is 0 Å². The number of nitrogens with zero attached hydrogens (tertiary/aromatic N) is 1. The van der Waals surface area contributed by atoms with Crippen molar-refractivity contribution >= 4 is 27.8 Å². The summed E-state index contributed by atoms with van der Waals surface area (Å²) in [5, 5.41) is 2.50. The highest BCUT2D eigenvalue weighted by atomic mass is 15.1. The van der Waals surface area contributed by atoms with Gasteiger partial charge in [0.1, 0.15) is 0 Å². The predicted octanol–water partition coefficient (Wildman–Crippen LogP) is 14.6. The highest BCUT2D eigenvalue weighted by Crippen LogP contribution is 2.46. The molecule has 0 spiro atoms. The van der Waals surface area contributed by atoms with Gasteiger partial charge in [-0.1, -0.05) is 194 Å². The van der Waals surface area contributed by atoms with E-state index in [1.807, 2.05) is 0 Å². The summed E-state index contributed by atoms with van der Waals surface area (Å²) in [5.74, 6) is 0. The average molecular weight is 676 g/mol. The third kappa shape index (κ3) is 6.30. The standard InChI is InChI=1S/C52H37N/c1-3-17-38(18-4-1)45-26-9-10-27-47(45)41-33-35-44(36-34-41)53(51-31-13-11-28-49(51)40-19-5-2-6-20-40)52-32-14-12-29-50(52)43-24-15-23-42(37-43)48-30-16-22-39-21-7-8-25-46(39)48/h1-37H. The van der Waals surface area contributed by atoms with Crippen molar-refractivity contribution in [3.8, 4) is 55.6 Å². The highest BCUT2D eigenvalue weighted by Gasteiger charge is 2.21. The third-order valence-corrected chi connectivity index (χ3v) is 10.1. The number of para-hydroxylation sites is 2. The van der Waals surface area contributed by atoms with Gasteiger partial charge in [-0.15, -0.1) is 0 Å². The molecule has 1 heteroatoms. The largest absolute Gasteiger partial charge is 0.309 e. The van der Waals surface area contributed by atoms with Gasteiger partial charge in [-0.25, -0.2) is 0 Å². The second-order valence-electron chi connectivity index (χ2n) is 13.3. The number of fused-ring (bicyclic) bond motifs is 1. The Morgan fingerprint density at radius 3 is 1.28 bits per heavy atom. The van der Waals surface area contributed by atoms with Gasteiger partial charge in [0, 0.05) is 16.8 Å². The van der Waals surface area contributed by atoms with E-state index in [4.69, 9.17) is 0 Å². The van der Waals surface area contributed by atoms with E-state index in [2.05, 4.69) is 229 Å². The van der Waals surface area contributed by atoms with Crippen molar-refractivity contribution in [1.82, 2.24) is 0 Å². The van der Waals surface area contributed by atoms with Crippen LogP contribution in [0.25, 0.3) is 66.4 Å². The lowest BCUT2D eigenvalue weighted by Gasteiger charge is -2.30. The summed E-state index contributed by atoms with van der Waals surface area (Å²) in [4.78, 5) is 2.43. The molecule has 0 radical (unpaired) electrons. The Morgan fingerprint density at radius 2 is 0.642 bits per heavy atom. The normalized spacial score (nSPS) is 11.0. The molecule has 0 saturated carbocycles. The molecular weight excluding hydrogens is 639 g/mol. The quantitative estimate of drug-likeness (QED) is 0.155. The summed E-state index contributed by atoms with van der Waals surface area (Å²) in [6, 6.07) is 80.8. The fourth-order valence-corrected chi connectivity index (χ4v) is 7.58. The summed E-state index contributed by atoms with van der Waals surface area (Å²) in [5.41, 5.74) is 15.3. The first-order chi connectivity index (χ1) is 26.3. The van der Waals surface area contributed by atoms with Crippen LogP contribution in [0.1, 0.15) is 0 Å². The number of hydrogen-bond acceptors (Lipinski definition) is 1. The van der Waals surface area contributed by atoms with E-state index in [1.54, 1.807) is 0 Å². The van der Waals surface area contributed by atoms with E-state index >= 15 is 0 Å². The summed E-state index contributed by atoms with van der Waals surface area (Å²) in [6.07, 6.45) is 0. The van der Waals surface area contributed by atoms with Crippen LogP contribution in [0.5, 0.6) is 0 Å². The molecule has 0 aromatic heterocycles. The van der Waals surface area contributed by atoms with E-state index < -0.39 is 0 Å². The molecule has 0 bridgehead atoms. The SMILES string of the molecule is c1ccc(-c2ccccc2-c2ccc(N(c3ccccc3-c3ccccc3)c3ccccc3-c3cccc(-c4cccc5ccccc45)c3)cc2)cc1. The summed E-state index contributed by atoms with van der Waals surface area (Å²) < 4.78 is 0. The number of rotatable bonds is 8. The van der Waals surface area contributed by atoms with Crippen LogP contribution in [0, 0.1) is 0 Å². The molecule has 9 aromatic rings. The van der Waals surface area contributed by atoms with Crippen molar-refractivity contribution < 1.29 is 0 Å². The van der Waals surface area contributed by atoms with E-state index in [0.29, 0.717) is 0 Å². The fraction of sp³-hybridized carbons (Fsp3) is 0. The zero-order valence-corrected chi connectivity index (χ0v) is 29.3. The van der Waals surface area contributed by atoms with Crippen LogP contribution >= 0.6 is 0 Å². The van der Waals surface area contributed by atoms with Crippen molar-refractivity contribution in [3.63, 3.8) is 0 Å². The lowest BCUT2D eigenvalue weighted by Crippen LogP contribution is -2.12. The molecule has 0 aliphatic carbocycles. The van der Waals surface area contributed by atoms with Crippen LogP contribution in [-0.2, 0) is 0 Å². The monoisotopic (exact) mass is 675 g/mol. The molecule has 1 nitrogen and oxygen atoms in total. The van der Waals surface area contributed by atoms with E-state index in [9.17, 15) is 0 Å². The topological polar surface area (TPSA) is 3.24 Å². The minimum absolute atomic E-state index is 1.09. The zero-order chi connectivity index (χ0) is 35.4. The molecule has 0 amide bonds. The molecule has 53 heavy (non-hydrogen) atoms. The van der Waals surface area contributed by atoms with Crippen LogP contribution in [0.3, 0.4) is 0 Å². The molecule has 0 aliphatic rings. The zero-order valence-electron chi connectivity index (χ0n) is 29.3. The third-order valence-electron chi connectivity index (χ3n) is 10.1. The molecule has 0 saturated heterocycles. The minimum atomic E-state index is 1.09. The lowest BCUT2D eigenvalue weighted by atomic mass is 9.93. The van der Waals surface area contributed by atoms with Crippen LogP contribution in [-0.4, -0.2) is 0 Å². The van der Waals surface area contributed by atoms with Crippen molar-refractivity contribution in [3.05, 3.63) is 224 Å². The van der Waals surface area contributed by atoms with Gasteiger partial charge in [0.05, 0.1) is 11.4 Å². The van der Waals surface area contributed by atoms with Gasteiger partial charge < -0.3 is 4.90 Å². The van der Waals surface area contributed by atoms with Gasteiger partial charge in [0.25, 0.3) is 0 Å². The Kier molecular flexibility index (Phi) is 8.66. The maximum Gasteiger partial charge on any atom is 0.0540 e. The molecule has 0 aliphatic heterocycles. The van der Waals surface area contributed by atoms with Crippen LogP contribution < -0.4 is 4.90 Å². The maximum atomic E-state index is 2.43. The molecule has 0 unspecified atom stereocenters. The first-order valence-electron chi connectivity index (χ1n) is 18.2. The van der Waals surface area contributed by atoms with Gasteiger partial charge in [-0.2, -0.15) is 0 Å². The smallest absolute Gasteiger partial charge is 0.0540 e. The van der Waals surface area contributed by atoms with Crippen molar-refractivity contribution in [2.24, 2.45) is 0 Å². The molecule has 9 rings (SSSR count). The molecule has 250 valence electrons. The second kappa shape index (κ2) is 14.3. The minimum Gasteiger partial charge on any atom is -0.309 e. The molecule has 0 heterocycles. The second-order valence-corrected chi connectivity index (χ2v) is 13.3. The number of hydrogen-bond donors (Lipinski definition) is 0. The van der Waals surface area contributed by atoms with Crippen LogP contribution in [0.4, 0.5) is 17.1 Å². The predicted molar refractivity (Wildman–Crippen MR) is 226 cm³/mol. The van der Waals surface area contributed by atoms with Gasteiger partial charge in [0.15, 0.2) is 0 Å². The van der Waals surface area contributed by atoms with Crippen LogP contribution in [0.2, 0.25) is 0 Å². The van der Waals surface area contributed by atoms with E-state index in [1.165, 1.54) is 60.8 Å². The van der Waals surface area contributed by atoms with Crippen molar-refractivity contribution in [2.75, 3.05) is 4.90 Å². The average Bonchev–Trinajstić information content (AvgIpc) is 3.25. The summed E-state index contributed by atoms with van der Waals surface area (Å²) in [7, 11) is 0. The number of benzene rings is 9. The molecule has 9 aromatic carbocycles. The summed E-state index contributed by atoms with van der Waals surface area (Å²) in [6.45, 7) is 0. The van der Waals surface area contributed by atoms with Crippen molar-refractivity contribution in [2.45, 2.75) is 0 Å². The molecule has 0 atom stereocenters. The van der Waals surface area contributed by atoms with Gasteiger partial charge in [-0.05, 0) is 85.6 Å². The highest BCUT2D eigenvalue weighted by molar-refractivity contribution is 5.99. The number of anilines is 3. The first kappa shape index (κ1) is 32.0. The molecular formula is C52H37N. The Labute approximate surface area is 311 Å². The van der Waals surface area contributed by atoms with Gasteiger partial charge in [0.2, 0.25) is 0 Å². The lowest BCUT2D eigenvalue weighted by molar-refractivity contribution is 1.28. The van der Waals surface area contributed by atoms with Crippen LogP contribution in [0.15, 0.2) is 224 Å². The summed E-state index contributed by atoms with van der Waals surface area (Å²) >= 11 is 0. The van der Waals surface area contributed by atoms with E-state index in [0.717, 1.165) is 22.6 Å². The fourth-order valence-electron chi connectivity index (χ4n) is 7.58. The van der Waals surface area contributed by atoms with Crippen molar-refractivity contribution in [1.29, 1.82) is 0 Å².